The summed E-state index contributed by atoms with van der Waals surface area (Å²) in [6.45, 7) is 1.54. The molecule has 2 rings (SSSR count). The van der Waals surface area contributed by atoms with Gasteiger partial charge in [0, 0.05) is 0 Å². The van der Waals surface area contributed by atoms with Gasteiger partial charge in [0.15, 0.2) is 0 Å². The highest BCUT2D eigenvalue weighted by atomic mass is 32.2. The molecule has 0 aliphatic heterocycles. The first-order chi connectivity index (χ1) is 7.38. The maximum atomic E-state index is 10.9. The Morgan fingerprint density at radius 1 is 1.44 bits per heavy atom. The Labute approximate surface area is 91.7 Å². The molecule has 1 heterocycles. The van der Waals surface area contributed by atoms with Gasteiger partial charge in [0.1, 0.15) is 11.9 Å². The van der Waals surface area contributed by atoms with Gasteiger partial charge in [-0.3, -0.25) is 4.55 Å². The van der Waals surface area contributed by atoms with Crippen molar-refractivity contribution >= 4 is 21.2 Å². The molecule has 86 valence electrons. The summed E-state index contributed by atoms with van der Waals surface area (Å²) in [4.78, 5) is 6.62. The second kappa shape index (κ2) is 3.55. The number of hydrogen-bond donors (Lipinski definition) is 3. The van der Waals surface area contributed by atoms with Crippen LogP contribution in [-0.2, 0) is 10.1 Å². The predicted octanol–water partition coefficient (Wildman–Crippen LogP) is 0.863. The Morgan fingerprint density at radius 3 is 2.69 bits per heavy atom. The van der Waals surface area contributed by atoms with Crippen LogP contribution in [0.3, 0.4) is 0 Å². The highest BCUT2D eigenvalue weighted by Gasteiger charge is 2.13. The zero-order valence-electron chi connectivity index (χ0n) is 8.38. The minimum absolute atomic E-state index is 0.208. The third-order valence-corrected chi connectivity index (χ3v) is 3.01. The third kappa shape index (κ3) is 1.92. The maximum absolute atomic E-state index is 10.9. The normalized spacial score (nSPS) is 14.2. The number of fused-ring (bicyclic) bond motifs is 1. The van der Waals surface area contributed by atoms with Crippen LogP contribution in [0, 0.1) is 0 Å². The fraction of sp³-hybridized carbons (Fsp3) is 0.222. The number of hydrogen-bond acceptors (Lipinski definition) is 4. The number of aliphatic hydroxyl groups excluding tert-OH is 1. The molecular formula is C9H10N2O4S. The molecule has 0 aliphatic carbocycles. The molecule has 7 heteroatoms. The molecule has 6 nitrogen and oxygen atoms in total. The van der Waals surface area contributed by atoms with Gasteiger partial charge in [0.2, 0.25) is 0 Å². The first-order valence-electron chi connectivity index (χ1n) is 4.53. The fourth-order valence-corrected chi connectivity index (χ4v) is 1.87. The average Bonchev–Trinajstić information content (AvgIpc) is 2.58. The van der Waals surface area contributed by atoms with Gasteiger partial charge in [-0.1, -0.05) is 0 Å². The molecular weight excluding hydrogens is 232 g/mol. The van der Waals surface area contributed by atoms with E-state index in [1.807, 2.05) is 0 Å². The fourth-order valence-electron chi connectivity index (χ4n) is 1.37. The molecule has 2 aromatic rings. The second-order valence-corrected chi connectivity index (χ2v) is 4.87. The zero-order valence-corrected chi connectivity index (χ0v) is 9.19. The maximum Gasteiger partial charge on any atom is 0.294 e. The van der Waals surface area contributed by atoms with E-state index in [4.69, 9.17) is 4.55 Å². The van der Waals surface area contributed by atoms with Gasteiger partial charge in [-0.2, -0.15) is 8.42 Å². The molecule has 0 saturated carbocycles. The monoisotopic (exact) mass is 242 g/mol. The Bertz CT molecular complexity index is 630. The molecule has 1 aromatic heterocycles. The zero-order chi connectivity index (χ0) is 11.9. The van der Waals surface area contributed by atoms with E-state index in [1.165, 1.54) is 18.2 Å². The average molecular weight is 242 g/mol. The summed E-state index contributed by atoms with van der Waals surface area (Å²) in [5, 5.41) is 9.29. The van der Waals surface area contributed by atoms with Gasteiger partial charge in [-0.15, -0.1) is 0 Å². The van der Waals surface area contributed by atoms with Crippen LogP contribution >= 0.6 is 0 Å². The van der Waals surface area contributed by atoms with Gasteiger partial charge < -0.3 is 10.1 Å². The number of nitrogens with zero attached hydrogens (tertiary/aromatic N) is 1. The van der Waals surface area contributed by atoms with E-state index in [0.29, 0.717) is 16.9 Å². The number of H-pyrrole nitrogens is 1. The van der Waals surface area contributed by atoms with Crippen LogP contribution in [0.15, 0.2) is 23.1 Å². The van der Waals surface area contributed by atoms with Crippen LogP contribution < -0.4 is 0 Å². The topological polar surface area (TPSA) is 103 Å². The van der Waals surface area contributed by atoms with Gasteiger partial charge in [0.05, 0.1) is 15.9 Å². The summed E-state index contributed by atoms with van der Waals surface area (Å²) in [7, 11) is -4.22. The van der Waals surface area contributed by atoms with E-state index < -0.39 is 16.2 Å². The lowest BCUT2D eigenvalue weighted by atomic mass is 10.3. The molecule has 0 aliphatic rings. The van der Waals surface area contributed by atoms with Gasteiger partial charge in [-0.25, -0.2) is 4.98 Å². The van der Waals surface area contributed by atoms with Crippen molar-refractivity contribution in [2.45, 2.75) is 17.9 Å². The molecule has 0 spiro atoms. The van der Waals surface area contributed by atoms with Crippen molar-refractivity contribution in [3.05, 3.63) is 24.0 Å². The van der Waals surface area contributed by atoms with Crippen molar-refractivity contribution in [1.29, 1.82) is 0 Å². The lowest BCUT2D eigenvalue weighted by molar-refractivity contribution is 0.190. The van der Waals surface area contributed by atoms with Crippen molar-refractivity contribution in [2.24, 2.45) is 0 Å². The lowest BCUT2D eigenvalue weighted by Gasteiger charge is -1.96. The Hall–Kier alpha value is -1.44. The molecule has 0 amide bonds. The molecule has 0 bridgehead atoms. The van der Waals surface area contributed by atoms with Gasteiger partial charge >= 0.3 is 0 Å². The summed E-state index contributed by atoms with van der Waals surface area (Å²) >= 11 is 0. The van der Waals surface area contributed by atoms with E-state index >= 15 is 0 Å². The molecule has 0 radical (unpaired) electrons. The Balaban J connectivity index is 2.63. The molecule has 1 aromatic carbocycles. The highest BCUT2D eigenvalue weighted by molar-refractivity contribution is 7.85. The largest absolute Gasteiger partial charge is 0.385 e. The number of rotatable bonds is 2. The number of aromatic nitrogens is 2. The van der Waals surface area contributed by atoms with Crippen LogP contribution in [0.1, 0.15) is 18.9 Å². The minimum atomic E-state index is -4.22. The SMILES string of the molecule is CC(O)c1nc2ccc(S(=O)(=O)O)cc2[nH]1. The summed E-state index contributed by atoms with van der Waals surface area (Å²) in [6, 6.07) is 3.98. The number of aliphatic hydroxyl groups is 1. The van der Waals surface area contributed by atoms with Crippen LogP contribution in [-0.4, -0.2) is 28.0 Å². The van der Waals surface area contributed by atoms with Crippen LogP contribution in [0.5, 0.6) is 0 Å². The molecule has 1 unspecified atom stereocenters. The van der Waals surface area contributed by atoms with Crippen LogP contribution in [0.4, 0.5) is 0 Å². The van der Waals surface area contributed by atoms with Crippen molar-refractivity contribution in [3.8, 4) is 0 Å². The first-order valence-corrected chi connectivity index (χ1v) is 5.97. The summed E-state index contributed by atoms with van der Waals surface area (Å²) < 4.78 is 30.6. The highest BCUT2D eigenvalue weighted by Crippen LogP contribution is 2.19. The molecule has 16 heavy (non-hydrogen) atoms. The second-order valence-electron chi connectivity index (χ2n) is 3.45. The predicted molar refractivity (Wildman–Crippen MR) is 56.5 cm³/mol. The smallest absolute Gasteiger partial charge is 0.294 e. The number of imidazole rings is 1. The quantitative estimate of drug-likeness (QED) is 0.678. The summed E-state index contributed by atoms with van der Waals surface area (Å²) in [5.74, 6) is 0.350. The van der Waals surface area contributed by atoms with Gasteiger partial charge in [-0.05, 0) is 25.1 Å². The summed E-state index contributed by atoms with van der Waals surface area (Å²) in [6.07, 6.45) is -0.762. The lowest BCUT2D eigenvalue weighted by Crippen LogP contribution is -1.97. The van der Waals surface area contributed by atoms with Crippen molar-refractivity contribution in [3.63, 3.8) is 0 Å². The van der Waals surface area contributed by atoms with Crippen LogP contribution in [0.25, 0.3) is 11.0 Å². The molecule has 1 atom stereocenters. The first kappa shape index (κ1) is 11.1. The molecule has 0 fully saturated rings. The van der Waals surface area contributed by atoms with E-state index in [1.54, 1.807) is 6.92 Å². The van der Waals surface area contributed by atoms with Gasteiger partial charge in [0.25, 0.3) is 10.1 Å². The number of aromatic amines is 1. The van der Waals surface area contributed by atoms with E-state index in [0.717, 1.165) is 0 Å². The number of nitrogens with one attached hydrogen (secondary N) is 1. The van der Waals surface area contributed by atoms with Crippen molar-refractivity contribution in [2.75, 3.05) is 0 Å². The van der Waals surface area contributed by atoms with E-state index in [2.05, 4.69) is 9.97 Å². The van der Waals surface area contributed by atoms with Crippen molar-refractivity contribution < 1.29 is 18.1 Å². The standard InChI is InChI=1S/C9H10N2O4S/c1-5(12)9-10-7-3-2-6(16(13,14)15)4-8(7)11-9/h2-5,12H,1H3,(H,10,11)(H,13,14,15). The summed E-state index contributed by atoms with van der Waals surface area (Å²) in [5.41, 5.74) is 0.981. The van der Waals surface area contributed by atoms with E-state index in [9.17, 15) is 13.5 Å². The minimum Gasteiger partial charge on any atom is -0.385 e. The van der Waals surface area contributed by atoms with Crippen LogP contribution in [0.2, 0.25) is 0 Å². The Kier molecular flexibility index (Phi) is 2.45. The van der Waals surface area contributed by atoms with E-state index in [-0.39, 0.29) is 4.90 Å². The molecule has 3 N–H and O–H groups in total. The molecule has 0 saturated heterocycles. The number of benzene rings is 1. The third-order valence-electron chi connectivity index (χ3n) is 2.17. The Morgan fingerprint density at radius 2 is 2.12 bits per heavy atom. The van der Waals surface area contributed by atoms with Crippen molar-refractivity contribution in [1.82, 2.24) is 9.97 Å².